The Kier molecular flexibility index (Phi) is 5.70. The van der Waals surface area contributed by atoms with Crippen LogP contribution in [0.2, 0.25) is 0 Å². The molecule has 1 fully saturated rings. The topological polar surface area (TPSA) is 96.7 Å². The van der Waals surface area contributed by atoms with Crippen LogP contribution in [0.4, 0.5) is 11.4 Å². The molecule has 0 bridgehead atoms. The van der Waals surface area contributed by atoms with Crippen LogP contribution in [0.1, 0.15) is 18.4 Å². The normalized spacial score (nSPS) is 17.2. The summed E-state index contributed by atoms with van der Waals surface area (Å²) >= 11 is 0. The van der Waals surface area contributed by atoms with Crippen molar-refractivity contribution in [1.82, 2.24) is 5.32 Å². The molecule has 0 aliphatic carbocycles. The van der Waals surface area contributed by atoms with Crippen LogP contribution in [0.15, 0.2) is 18.2 Å². The predicted molar refractivity (Wildman–Crippen MR) is 83.9 cm³/mol. The van der Waals surface area contributed by atoms with E-state index in [0.29, 0.717) is 32.0 Å². The standard InChI is InChI=1S/C15H23N3O4/c1-16-13-3-2-12(8-14(13)18(20)21)9-17-10-15(11-19)4-6-22-7-5-15/h2-3,8,16-17,19H,4-7,9-11H2,1H3. The van der Waals surface area contributed by atoms with Gasteiger partial charge in [0.15, 0.2) is 0 Å². The summed E-state index contributed by atoms with van der Waals surface area (Å²) in [5, 5.41) is 26.8. The average molecular weight is 309 g/mol. The van der Waals surface area contributed by atoms with Crippen LogP contribution in [0.25, 0.3) is 0 Å². The summed E-state index contributed by atoms with van der Waals surface area (Å²) in [6, 6.07) is 5.15. The van der Waals surface area contributed by atoms with Gasteiger partial charge in [-0.2, -0.15) is 0 Å². The van der Waals surface area contributed by atoms with Crippen molar-refractivity contribution in [3.8, 4) is 0 Å². The first kappa shape index (κ1) is 16.7. The molecule has 7 nitrogen and oxygen atoms in total. The summed E-state index contributed by atoms with van der Waals surface area (Å²) in [6.45, 7) is 2.68. The molecule has 22 heavy (non-hydrogen) atoms. The lowest BCUT2D eigenvalue weighted by molar-refractivity contribution is -0.384. The van der Waals surface area contributed by atoms with Crippen molar-refractivity contribution in [3.05, 3.63) is 33.9 Å². The average Bonchev–Trinajstić information content (AvgIpc) is 2.55. The number of hydrogen-bond donors (Lipinski definition) is 3. The van der Waals surface area contributed by atoms with E-state index in [1.54, 1.807) is 19.2 Å². The molecule has 0 unspecified atom stereocenters. The Labute approximate surface area is 129 Å². The molecule has 7 heteroatoms. The highest BCUT2D eigenvalue weighted by molar-refractivity contribution is 5.62. The number of nitrogens with zero attached hydrogens (tertiary/aromatic N) is 1. The molecule has 0 aromatic heterocycles. The fraction of sp³-hybridized carbons (Fsp3) is 0.600. The molecule has 1 heterocycles. The van der Waals surface area contributed by atoms with Crippen LogP contribution in [0.5, 0.6) is 0 Å². The molecular formula is C15H23N3O4. The lowest BCUT2D eigenvalue weighted by atomic mass is 9.81. The Balaban J connectivity index is 1.96. The van der Waals surface area contributed by atoms with Crippen LogP contribution in [-0.4, -0.2) is 43.4 Å². The highest BCUT2D eigenvalue weighted by atomic mass is 16.6. The third kappa shape index (κ3) is 3.94. The number of nitro benzene ring substituents is 1. The van der Waals surface area contributed by atoms with Crippen molar-refractivity contribution in [2.24, 2.45) is 5.41 Å². The highest BCUT2D eigenvalue weighted by Crippen LogP contribution is 2.29. The van der Waals surface area contributed by atoms with Gasteiger partial charge in [-0.15, -0.1) is 0 Å². The second-order valence-electron chi connectivity index (χ2n) is 5.73. The third-order valence-electron chi connectivity index (χ3n) is 4.25. The minimum absolute atomic E-state index is 0.0738. The highest BCUT2D eigenvalue weighted by Gasteiger charge is 2.31. The number of ether oxygens (including phenoxy) is 1. The Morgan fingerprint density at radius 2 is 2.14 bits per heavy atom. The second-order valence-corrected chi connectivity index (χ2v) is 5.73. The fourth-order valence-electron chi connectivity index (χ4n) is 2.72. The SMILES string of the molecule is CNc1ccc(CNCC2(CO)CCOCC2)cc1[N+](=O)[O-]. The maximum absolute atomic E-state index is 11.0. The summed E-state index contributed by atoms with van der Waals surface area (Å²) in [6.07, 6.45) is 1.66. The van der Waals surface area contributed by atoms with Gasteiger partial charge in [0.05, 0.1) is 11.5 Å². The molecule has 1 saturated heterocycles. The summed E-state index contributed by atoms with van der Waals surface area (Å²) in [4.78, 5) is 10.7. The summed E-state index contributed by atoms with van der Waals surface area (Å²) in [5.74, 6) is 0. The lowest BCUT2D eigenvalue weighted by Gasteiger charge is -2.35. The number of hydrogen-bond acceptors (Lipinski definition) is 6. The van der Waals surface area contributed by atoms with Gasteiger partial charge in [0, 0.05) is 44.8 Å². The van der Waals surface area contributed by atoms with Gasteiger partial charge in [-0.3, -0.25) is 10.1 Å². The monoisotopic (exact) mass is 309 g/mol. The molecule has 0 atom stereocenters. The number of nitrogens with one attached hydrogen (secondary N) is 2. The molecule has 0 saturated carbocycles. The molecule has 0 radical (unpaired) electrons. The molecule has 1 aliphatic rings. The van der Waals surface area contributed by atoms with Gasteiger partial charge in [-0.05, 0) is 24.5 Å². The molecule has 3 N–H and O–H groups in total. The van der Waals surface area contributed by atoms with Gasteiger partial charge in [0.1, 0.15) is 5.69 Å². The van der Waals surface area contributed by atoms with E-state index in [4.69, 9.17) is 4.74 Å². The van der Waals surface area contributed by atoms with Gasteiger partial charge in [-0.25, -0.2) is 0 Å². The fourth-order valence-corrected chi connectivity index (χ4v) is 2.72. The predicted octanol–water partition coefficient (Wildman–Crippen LogP) is 1.52. The molecular weight excluding hydrogens is 286 g/mol. The van der Waals surface area contributed by atoms with E-state index in [2.05, 4.69) is 10.6 Å². The molecule has 0 amide bonds. The first-order valence-corrected chi connectivity index (χ1v) is 7.45. The zero-order chi connectivity index (χ0) is 16.0. The zero-order valence-electron chi connectivity index (χ0n) is 12.8. The first-order chi connectivity index (χ1) is 10.6. The number of anilines is 1. The summed E-state index contributed by atoms with van der Waals surface area (Å²) in [7, 11) is 1.66. The van der Waals surface area contributed by atoms with E-state index in [0.717, 1.165) is 18.4 Å². The molecule has 0 spiro atoms. The number of aliphatic hydroxyl groups is 1. The van der Waals surface area contributed by atoms with E-state index >= 15 is 0 Å². The number of nitro groups is 1. The van der Waals surface area contributed by atoms with Gasteiger partial charge < -0.3 is 20.5 Å². The van der Waals surface area contributed by atoms with E-state index < -0.39 is 0 Å². The van der Waals surface area contributed by atoms with Crippen LogP contribution < -0.4 is 10.6 Å². The zero-order valence-corrected chi connectivity index (χ0v) is 12.8. The first-order valence-electron chi connectivity index (χ1n) is 7.45. The van der Waals surface area contributed by atoms with Crippen molar-refractivity contribution in [2.75, 3.05) is 38.7 Å². The number of aliphatic hydroxyl groups excluding tert-OH is 1. The Morgan fingerprint density at radius 3 is 2.73 bits per heavy atom. The number of rotatable bonds is 7. The lowest BCUT2D eigenvalue weighted by Crippen LogP contribution is -2.41. The van der Waals surface area contributed by atoms with Gasteiger partial charge in [-0.1, -0.05) is 6.07 Å². The Morgan fingerprint density at radius 1 is 1.41 bits per heavy atom. The quantitative estimate of drug-likeness (QED) is 0.522. The number of benzene rings is 1. The van der Waals surface area contributed by atoms with Gasteiger partial charge >= 0.3 is 0 Å². The van der Waals surface area contributed by atoms with Crippen LogP contribution in [-0.2, 0) is 11.3 Å². The Bertz CT molecular complexity index is 516. The van der Waals surface area contributed by atoms with Crippen LogP contribution in [0, 0.1) is 15.5 Å². The van der Waals surface area contributed by atoms with Crippen LogP contribution >= 0.6 is 0 Å². The van der Waals surface area contributed by atoms with Gasteiger partial charge in [0.2, 0.25) is 0 Å². The summed E-state index contributed by atoms with van der Waals surface area (Å²) < 4.78 is 5.34. The maximum atomic E-state index is 11.0. The third-order valence-corrected chi connectivity index (χ3v) is 4.25. The van der Waals surface area contributed by atoms with Gasteiger partial charge in [0.25, 0.3) is 5.69 Å². The minimum atomic E-state index is -0.386. The van der Waals surface area contributed by atoms with E-state index in [1.165, 1.54) is 0 Å². The molecule has 1 aromatic carbocycles. The van der Waals surface area contributed by atoms with Crippen LogP contribution in [0.3, 0.4) is 0 Å². The largest absolute Gasteiger partial charge is 0.396 e. The van der Waals surface area contributed by atoms with Crippen molar-refractivity contribution in [2.45, 2.75) is 19.4 Å². The molecule has 1 aliphatic heterocycles. The second kappa shape index (κ2) is 7.53. The van der Waals surface area contributed by atoms with E-state index in [-0.39, 0.29) is 22.6 Å². The van der Waals surface area contributed by atoms with Crippen molar-refractivity contribution in [3.63, 3.8) is 0 Å². The van der Waals surface area contributed by atoms with Crippen molar-refractivity contribution >= 4 is 11.4 Å². The van der Waals surface area contributed by atoms with Crippen molar-refractivity contribution in [1.29, 1.82) is 0 Å². The van der Waals surface area contributed by atoms with Crippen molar-refractivity contribution < 1.29 is 14.8 Å². The minimum Gasteiger partial charge on any atom is -0.396 e. The maximum Gasteiger partial charge on any atom is 0.292 e. The molecule has 122 valence electrons. The van der Waals surface area contributed by atoms with E-state index in [1.807, 2.05) is 6.07 Å². The Hall–Kier alpha value is -1.70. The molecule has 2 rings (SSSR count). The molecule has 1 aromatic rings. The smallest absolute Gasteiger partial charge is 0.292 e. The van der Waals surface area contributed by atoms with E-state index in [9.17, 15) is 15.2 Å². The summed E-state index contributed by atoms with van der Waals surface area (Å²) in [5.41, 5.74) is 1.29.